The normalized spacial score (nSPS) is 11.3. The second kappa shape index (κ2) is 9.48. The van der Waals surface area contributed by atoms with Crippen molar-refractivity contribution >= 4 is 22.5 Å². The molecule has 0 bridgehead atoms. The van der Waals surface area contributed by atoms with Gasteiger partial charge >= 0.3 is 6.61 Å². The first-order valence-corrected chi connectivity index (χ1v) is 11.0. The first kappa shape index (κ1) is 21.8. The lowest BCUT2D eigenvalue weighted by molar-refractivity contribution is -0.0498. The molecule has 0 N–H and O–H groups in total. The number of hydrogen-bond donors (Lipinski definition) is 0. The Labute approximate surface area is 195 Å². The Kier molecular flexibility index (Phi) is 6.09. The zero-order chi connectivity index (χ0) is 23.5. The van der Waals surface area contributed by atoms with Gasteiger partial charge in [0.25, 0.3) is 0 Å². The first-order chi connectivity index (χ1) is 16.6. The summed E-state index contributed by atoms with van der Waals surface area (Å²) < 4.78 is 44.0. The zero-order valence-electron chi connectivity index (χ0n) is 17.3. The summed E-state index contributed by atoms with van der Waals surface area (Å²) in [7, 11) is 0. The molecule has 0 amide bonds. The van der Waals surface area contributed by atoms with Crippen LogP contribution in [0.5, 0.6) is 5.75 Å². The number of benzene rings is 3. The highest BCUT2D eigenvalue weighted by atomic mass is 32.2. The molecule has 0 unspecified atom stereocenters. The average molecular weight is 480 g/mol. The van der Waals surface area contributed by atoms with Crippen molar-refractivity contribution in [1.82, 2.24) is 30.4 Å². The fraction of sp³-hybridized carbons (Fsp3) is 0.0870. The minimum Gasteiger partial charge on any atom is -0.435 e. The molecule has 0 atom stereocenters. The van der Waals surface area contributed by atoms with Crippen LogP contribution in [-0.4, -0.2) is 37.0 Å². The lowest BCUT2D eigenvalue weighted by Crippen LogP contribution is -2.04. The van der Waals surface area contributed by atoms with E-state index in [0.29, 0.717) is 28.0 Å². The number of rotatable bonds is 7. The number of nitrogens with zero attached hydrogens (tertiary/aromatic N) is 6. The van der Waals surface area contributed by atoms with Gasteiger partial charge in [-0.2, -0.15) is 13.5 Å². The van der Waals surface area contributed by atoms with Crippen molar-refractivity contribution in [3.8, 4) is 22.7 Å². The standard InChI is InChI=1S/C23H15F3N6OS/c24-15-7-5-14(6-8-15)21-18-3-1-2-4-19(18)22(29-28-21)34-13-20-27-30-31-32(20)16-9-11-17(12-10-16)33-23(25)26/h1-12,23H,13H2. The zero-order valence-corrected chi connectivity index (χ0v) is 18.2. The van der Waals surface area contributed by atoms with Crippen LogP contribution < -0.4 is 4.74 Å². The van der Waals surface area contributed by atoms with Crippen molar-refractivity contribution in [3.05, 3.63) is 84.4 Å². The molecule has 170 valence electrons. The third-order valence-corrected chi connectivity index (χ3v) is 5.93. The van der Waals surface area contributed by atoms with E-state index >= 15 is 0 Å². The van der Waals surface area contributed by atoms with Crippen LogP contribution in [0, 0.1) is 5.82 Å². The Hall–Kier alpha value is -3.99. The molecule has 5 aromatic rings. The van der Waals surface area contributed by atoms with Crippen LogP contribution in [0.15, 0.2) is 77.8 Å². The number of hydrogen-bond acceptors (Lipinski definition) is 7. The Bertz CT molecular complexity index is 1430. The molecular formula is C23H15F3N6OS. The third kappa shape index (κ3) is 4.55. The number of halogens is 3. The third-order valence-electron chi connectivity index (χ3n) is 4.95. The van der Waals surface area contributed by atoms with E-state index in [2.05, 4.69) is 30.5 Å². The van der Waals surface area contributed by atoms with Crippen LogP contribution in [0.1, 0.15) is 5.82 Å². The highest BCUT2D eigenvalue weighted by Crippen LogP contribution is 2.33. The highest BCUT2D eigenvalue weighted by molar-refractivity contribution is 7.98. The molecule has 3 aromatic carbocycles. The molecule has 34 heavy (non-hydrogen) atoms. The van der Waals surface area contributed by atoms with Crippen molar-refractivity contribution in [2.45, 2.75) is 17.4 Å². The van der Waals surface area contributed by atoms with Crippen molar-refractivity contribution < 1.29 is 17.9 Å². The molecule has 0 aliphatic rings. The quantitative estimate of drug-likeness (QED) is 0.292. The van der Waals surface area contributed by atoms with Gasteiger partial charge in [-0.05, 0) is 59.0 Å². The van der Waals surface area contributed by atoms with Crippen molar-refractivity contribution in [3.63, 3.8) is 0 Å². The van der Waals surface area contributed by atoms with E-state index in [0.717, 1.165) is 16.3 Å². The van der Waals surface area contributed by atoms with Gasteiger partial charge in [-0.3, -0.25) is 0 Å². The van der Waals surface area contributed by atoms with Crippen LogP contribution in [0.4, 0.5) is 13.2 Å². The fourth-order valence-corrected chi connectivity index (χ4v) is 4.28. The summed E-state index contributed by atoms with van der Waals surface area (Å²) in [4.78, 5) is 0. The van der Waals surface area contributed by atoms with Crippen LogP contribution >= 0.6 is 11.8 Å². The molecule has 0 aliphatic carbocycles. The molecule has 0 fully saturated rings. The predicted molar refractivity (Wildman–Crippen MR) is 120 cm³/mol. The molecule has 0 aliphatic heterocycles. The smallest absolute Gasteiger partial charge is 0.387 e. The molecule has 7 nitrogen and oxygen atoms in total. The summed E-state index contributed by atoms with van der Waals surface area (Å²) in [5, 5.41) is 23.1. The van der Waals surface area contributed by atoms with Gasteiger partial charge in [0, 0.05) is 16.3 Å². The molecule has 11 heteroatoms. The van der Waals surface area contributed by atoms with Gasteiger partial charge in [-0.1, -0.05) is 36.0 Å². The Morgan fingerprint density at radius 1 is 0.853 bits per heavy atom. The summed E-state index contributed by atoms with van der Waals surface area (Å²) in [5.41, 5.74) is 2.03. The number of aromatic nitrogens is 6. The predicted octanol–water partition coefficient (Wildman–Crippen LogP) is 5.31. The second-order valence-electron chi connectivity index (χ2n) is 7.07. The number of alkyl halides is 2. The van der Waals surface area contributed by atoms with E-state index in [1.54, 1.807) is 24.3 Å². The second-order valence-corrected chi connectivity index (χ2v) is 8.04. The molecule has 0 saturated heterocycles. The van der Waals surface area contributed by atoms with E-state index < -0.39 is 6.61 Å². The van der Waals surface area contributed by atoms with E-state index in [9.17, 15) is 13.2 Å². The van der Waals surface area contributed by atoms with Crippen LogP contribution in [0.25, 0.3) is 27.7 Å². The van der Waals surface area contributed by atoms with Crippen LogP contribution in [-0.2, 0) is 5.75 Å². The van der Waals surface area contributed by atoms with Gasteiger partial charge in [-0.25, -0.2) is 4.39 Å². The lowest BCUT2D eigenvalue weighted by atomic mass is 10.1. The summed E-state index contributed by atoms with van der Waals surface area (Å²) in [5.74, 6) is 0.658. The van der Waals surface area contributed by atoms with E-state index in [-0.39, 0.29) is 11.6 Å². The van der Waals surface area contributed by atoms with Gasteiger partial charge in [0.05, 0.1) is 11.4 Å². The maximum Gasteiger partial charge on any atom is 0.387 e. The summed E-state index contributed by atoms with van der Waals surface area (Å²) in [6, 6.07) is 19.9. The first-order valence-electron chi connectivity index (χ1n) is 10.0. The van der Waals surface area contributed by atoms with Crippen molar-refractivity contribution in [2.75, 3.05) is 0 Å². The molecule has 0 radical (unpaired) electrons. The molecule has 5 rings (SSSR count). The van der Waals surface area contributed by atoms with Crippen LogP contribution in [0.2, 0.25) is 0 Å². The largest absolute Gasteiger partial charge is 0.435 e. The van der Waals surface area contributed by atoms with Gasteiger partial charge < -0.3 is 4.74 Å². The maximum atomic E-state index is 13.3. The number of tetrazole rings is 1. The minimum absolute atomic E-state index is 0.0470. The fourth-order valence-electron chi connectivity index (χ4n) is 3.40. The molecule has 2 heterocycles. The Morgan fingerprint density at radius 3 is 2.32 bits per heavy atom. The van der Waals surface area contributed by atoms with Crippen molar-refractivity contribution in [2.24, 2.45) is 0 Å². The minimum atomic E-state index is -2.89. The maximum absolute atomic E-state index is 13.3. The Balaban J connectivity index is 1.40. The molecule has 2 aromatic heterocycles. The van der Waals surface area contributed by atoms with E-state index in [1.807, 2.05) is 24.3 Å². The van der Waals surface area contributed by atoms with Gasteiger partial charge in [-0.15, -0.1) is 15.3 Å². The van der Waals surface area contributed by atoms with Gasteiger partial charge in [0.2, 0.25) is 0 Å². The Morgan fingerprint density at radius 2 is 1.59 bits per heavy atom. The van der Waals surface area contributed by atoms with E-state index in [1.165, 1.54) is 40.7 Å². The van der Waals surface area contributed by atoms with Gasteiger partial charge in [0.1, 0.15) is 22.3 Å². The number of ether oxygens (including phenoxy) is 1. The summed E-state index contributed by atoms with van der Waals surface area (Å²) in [6.07, 6.45) is 0. The monoisotopic (exact) mass is 480 g/mol. The number of thioether (sulfide) groups is 1. The SMILES string of the molecule is Fc1ccc(-c2nnc(SCc3nnnn3-c3ccc(OC(F)F)cc3)c3ccccc23)cc1. The lowest BCUT2D eigenvalue weighted by Gasteiger charge is -2.10. The molecule has 0 spiro atoms. The van der Waals surface area contributed by atoms with E-state index in [4.69, 9.17) is 0 Å². The van der Waals surface area contributed by atoms with Crippen LogP contribution in [0.3, 0.4) is 0 Å². The highest BCUT2D eigenvalue weighted by Gasteiger charge is 2.15. The summed E-state index contributed by atoms with van der Waals surface area (Å²) in [6.45, 7) is -2.89. The molecular weight excluding hydrogens is 465 g/mol. The average Bonchev–Trinajstić information content (AvgIpc) is 3.32. The van der Waals surface area contributed by atoms with Gasteiger partial charge in [0.15, 0.2) is 5.82 Å². The van der Waals surface area contributed by atoms with Crippen molar-refractivity contribution in [1.29, 1.82) is 0 Å². The molecule has 0 saturated carbocycles. The number of fused-ring (bicyclic) bond motifs is 1. The topological polar surface area (TPSA) is 78.6 Å². The summed E-state index contributed by atoms with van der Waals surface area (Å²) >= 11 is 1.41.